The highest BCUT2D eigenvalue weighted by Crippen LogP contribution is 2.19. The number of amides is 1. The van der Waals surface area contributed by atoms with Gasteiger partial charge in [0.2, 0.25) is 5.91 Å². The van der Waals surface area contributed by atoms with E-state index >= 15 is 0 Å². The van der Waals surface area contributed by atoms with Crippen LogP contribution in [0, 0.1) is 0 Å². The molecule has 0 aromatic heterocycles. The van der Waals surface area contributed by atoms with Gasteiger partial charge in [0.1, 0.15) is 0 Å². The van der Waals surface area contributed by atoms with Gasteiger partial charge in [-0.25, -0.2) is 0 Å². The Balaban J connectivity index is 2.67. The standard InChI is InChI=1S/C13H20N2O2/c1-3-14-12(17)9-15-13(2,10-16)11-7-5-4-6-8-11/h4-8,15-16H,3,9-10H2,1-2H3,(H,14,17). The van der Waals surface area contributed by atoms with Gasteiger partial charge in [-0.15, -0.1) is 0 Å². The first-order valence-electron chi connectivity index (χ1n) is 5.80. The summed E-state index contributed by atoms with van der Waals surface area (Å²) in [6, 6.07) is 9.61. The zero-order chi connectivity index (χ0) is 12.7. The van der Waals surface area contributed by atoms with Gasteiger partial charge < -0.3 is 10.4 Å². The lowest BCUT2D eigenvalue weighted by Crippen LogP contribution is -2.47. The average molecular weight is 236 g/mol. The van der Waals surface area contributed by atoms with E-state index in [2.05, 4.69) is 10.6 Å². The number of carbonyl (C=O) groups excluding carboxylic acids is 1. The van der Waals surface area contributed by atoms with Crippen molar-refractivity contribution in [2.75, 3.05) is 19.7 Å². The molecule has 0 saturated heterocycles. The van der Waals surface area contributed by atoms with Crippen LogP contribution in [-0.2, 0) is 10.3 Å². The SMILES string of the molecule is CCNC(=O)CNC(C)(CO)c1ccccc1. The van der Waals surface area contributed by atoms with Crippen LogP contribution < -0.4 is 10.6 Å². The number of aliphatic hydroxyl groups excluding tert-OH is 1. The number of carbonyl (C=O) groups is 1. The number of aliphatic hydroxyl groups is 1. The summed E-state index contributed by atoms with van der Waals surface area (Å²) >= 11 is 0. The lowest BCUT2D eigenvalue weighted by atomic mass is 9.93. The molecule has 0 fully saturated rings. The fourth-order valence-electron chi connectivity index (χ4n) is 1.59. The molecule has 1 aromatic rings. The number of benzene rings is 1. The van der Waals surface area contributed by atoms with Gasteiger partial charge in [-0.05, 0) is 19.4 Å². The molecule has 0 aliphatic carbocycles. The second-order valence-electron chi connectivity index (χ2n) is 4.16. The fourth-order valence-corrected chi connectivity index (χ4v) is 1.59. The number of likely N-dealkylation sites (N-methyl/N-ethyl adjacent to an activating group) is 1. The third kappa shape index (κ3) is 3.84. The highest BCUT2D eigenvalue weighted by atomic mass is 16.3. The van der Waals surface area contributed by atoms with Crippen molar-refractivity contribution in [2.45, 2.75) is 19.4 Å². The molecule has 0 aliphatic heterocycles. The van der Waals surface area contributed by atoms with Crippen molar-refractivity contribution in [1.82, 2.24) is 10.6 Å². The number of nitrogens with one attached hydrogen (secondary N) is 2. The van der Waals surface area contributed by atoms with Crippen molar-refractivity contribution in [3.8, 4) is 0 Å². The summed E-state index contributed by atoms with van der Waals surface area (Å²) in [7, 11) is 0. The van der Waals surface area contributed by atoms with Crippen molar-refractivity contribution >= 4 is 5.91 Å². The lowest BCUT2D eigenvalue weighted by Gasteiger charge is -2.29. The van der Waals surface area contributed by atoms with Gasteiger partial charge in [0, 0.05) is 6.54 Å². The monoisotopic (exact) mass is 236 g/mol. The van der Waals surface area contributed by atoms with Gasteiger partial charge >= 0.3 is 0 Å². The maximum atomic E-state index is 11.4. The van der Waals surface area contributed by atoms with E-state index in [-0.39, 0.29) is 19.1 Å². The molecule has 1 unspecified atom stereocenters. The fraction of sp³-hybridized carbons (Fsp3) is 0.462. The summed E-state index contributed by atoms with van der Waals surface area (Å²) < 4.78 is 0. The molecule has 4 heteroatoms. The molecule has 0 saturated carbocycles. The summed E-state index contributed by atoms with van der Waals surface area (Å²) in [5, 5.41) is 15.3. The van der Waals surface area contributed by atoms with E-state index in [0.717, 1.165) is 5.56 Å². The third-order valence-electron chi connectivity index (χ3n) is 2.74. The summed E-state index contributed by atoms with van der Waals surface area (Å²) in [4.78, 5) is 11.4. The first kappa shape index (κ1) is 13.7. The molecule has 0 heterocycles. The van der Waals surface area contributed by atoms with Gasteiger partial charge in [0.05, 0.1) is 18.7 Å². The van der Waals surface area contributed by atoms with Crippen LogP contribution in [0.5, 0.6) is 0 Å². The van der Waals surface area contributed by atoms with E-state index in [4.69, 9.17) is 0 Å². The molecular formula is C13H20N2O2. The largest absolute Gasteiger partial charge is 0.394 e. The topological polar surface area (TPSA) is 61.4 Å². The molecule has 4 nitrogen and oxygen atoms in total. The Hall–Kier alpha value is -1.39. The van der Waals surface area contributed by atoms with Crippen molar-refractivity contribution in [1.29, 1.82) is 0 Å². The number of hydrogen-bond acceptors (Lipinski definition) is 3. The Bertz CT molecular complexity index is 354. The Morgan fingerprint density at radius 3 is 2.53 bits per heavy atom. The van der Waals surface area contributed by atoms with Crippen molar-refractivity contribution in [3.63, 3.8) is 0 Å². The minimum absolute atomic E-state index is 0.0591. The number of rotatable bonds is 6. The lowest BCUT2D eigenvalue weighted by molar-refractivity contribution is -0.120. The number of hydrogen-bond donors (Lipinski definition) is 3. The molecule has 1 amide bonds. The Kier molecular flexibility index (Phi) is 5.12. The first-order chi connectivity index (χ1) is 8.12. The molecule has 1 atom stereocenters. The molecule has 0 aliphatic rings. The highest BCUT2D eigenvalue weighted by molar-refractivity contribution is 5.78. The van der Waals surface area contributed by atoms with E-state index in [1.165, 1.54) is 0 Å². The molecule has 3 N–H and O–H groups in total. The molecule has 0 spiro atoms. The van der Waals surface area contributed by atoms with Crippen LogP contribution in [0.2, 0.25) is 0 Å². The van der Waals surface area contributed by atoms with Crippen LogP contribution >= 0.6 is 0 Å². The predicted octanol–water partition coefficient (Wildman–Crippen LogP) is 0.620. The van der Waals surface area contributed by atoms with Gasteiger partial charge in [-0.3, -0.25) is 10.1 Å². The molecule has 0 radical (unpaired) electrons. The Morgan fingerprint density at radius 2 is 2.00 bits per heavy atom. The molecule has 1 rings (SSSR count). The normalized spacial score (nSPS) is 14.1. The van der Waals surface area contributed by atoms with E-state index < -0.39 is 5.54 Å². The summed E-state index contributed by atoms with van der Waals surface area (Å²) in [5.74, 6) is -0.0666. The van der Waals surface area contributed by atoms with Crippen LogP contribution in [0.1, 0.15) is 19.4 Å². The predicted molar refractivity (Wildman–Crippen MR) is 67.6 cm³/mol. The minimum atomic E-state index is -0.591. The quantitative estimate of drug-likeness (QED) is 0.678. The van der Waals surface area contributed by atoms with Crippen LogP contribution in [0.25, 0.3) is 0 Å². The van der Waals surface area contributed by atoms with Gasteiger partial charge in [0.15, 0.2) is 0 Å². The van der Waals surface area contributed by atoms with Crippen LogP contribution in [0.3, 0.4) is 0 Å². The van der Waals surface area contributed by atoms with Crippen molar-refractivity contribution in [2.24, 2.45) is 0 Å². The molecule has 94 valence electrons. The molecule has 0 bridgehead atoms. The Labute approximate surface area is 102 Å². The van der Waals surface area contributed by atoms with Crippen molar-refractivity contribution in [3.05, 3.63) is 35.9 Å². The molecule has 1 aromatic carbocycles. The van der Waals surface area contributed by atoms with Gasteiger partial charge in [0.25, 0.3) is 0 Å². The van der Waals surface area contributed by atoms with Crippen LogP contribution in [0.4, 0.5) is 0 Å². The summed E-state index contributed by atoms with van der Waals surface area (Å²) in [5.41, 5.74) is 0.374. The third-order valence-corrected chi connectivity index (χ3v) is 2.74. The Morgan fingerprint density at radius 1 is 1.35 bits per heavy atom. The van der Waals surface area contributed by atoms with Crippen molar-refractivity contribution < 1.29 is 9.90 Å². The second kappa shape index (κ2) is 6.37. The maximum absolute atomic E-state index is 11.4. The highest BCUT2D eigenvalue weighted by Gasteiger charge is 2.25. The second-order valence-corrected chi connectivity index (χ2v) is 4.16. The zero-order valence-electron chi connectivity index (χ0n) is 10.4. The van der Waals surface area contributed by atoms with E-state index in [1.54, 1.807) is 0 Å². The average Bonchev–Trinajstić information content (AvgIpc) is 2.37. The summed E-state index contributed by atoms with van der Waals surface area (Å²) in [6.07, 6.45) is 0. The first-order valence-corrected chi connectivity index (χ1v) is 5.80. The van der Waals surface area contributed by atoms with E-state index in [9.17, 15) is 9.90 Å². The zero-order valence-corrected chi connectivity index (χ0v) is 10.4. The smallest absolute Gasteiger partial charge is 0.233 e. The maximum Gasteiger partial charge on any atom is 0.233 e. The van der Waals surface area contributed by atoms with Gasteiger partial charge in [-0.2, -0.15) is 0 Å². The van der Waals surface area contributed by atoms with E-state index in [1.807, 2.05) is 44.2 Å². The van der Waals surface area contributed by atoms with Crippen LogP contribution in [0.15, 0.2) is 30.3 Å². The van der Waals surface area contributed by atoms with Crippen LogP contribution in [-0.4, -0.2) is 30.7 Å². The van der Waals surface area contributed by atoms with Gasteiger partial charge in [-0.1, -0.05) is 30.3 Å². The van der Waals surface area contributed by atoms with E-state index in [0.29, 0.717) is 6.54 Å². The molecular weight excluding hydrogens is 216 g/mol. The molecule has 17 heavy (non-hydrogen) atoms. The summed E-state index contributed by atoms with van der Waals surface area (Å²) in [6.45, 7) is 4.50. The minimum Gasteiger partial charge on any atom is -0.394 e.